The van der Waals surface area contributed by atoms with Crippen LogP contribution in [0.5, 0.6) is 0 Å². The zero-order valence-corrected chi connectivity index (χ0v) is 16.3. The van der Waals surface area contributed by atoms with Gasteiger partial charge in [-0.15, -0.1) is 0 Å². The fourth-order valence-corrected chi connectivity index (χ4v) is 2.51. The van der Waals surface area contributed by atoms with Crippen LogP contribution in [0.1, 0.15) is 33.6 Å². The first-order valence-corrected chi connectivity index (χ1v) is 9.02. The highest BCUT2D eigenvalue weighted by Crippen LogP contribution is 2.10. The van der Waals surface area contributed by atoms with E-state index in [4.69, 9.17) is 15.7 Å². The quantitative estimate of drug-likeness (QED) is 0.310. The van der Waals surface area contributed by atoms with Crippen LogP contribution < -0.4 is 5.73 Å². The third kappa shape index (κ3) is 7.17. The van der Waals surface area contributed by atoms with Crippen molar-refractivity contribution in [2.24, 2.45) is 10.7 Å². The maximum Gasteiger partial charge on any atom is 0.282 e. The molecule has 0 aliphatic heterocycles. The van der Waals surface area contributed by atoms with Crippen molar-refractivity contribution < 1.29 is 9.53 Å². The number of nitrogens with two attached hydrogens (primary N) is 1. The van der Waals surface area contributed by atoms with E-state index in [9.17, 15) is 4.79 Å². The number of nitrogens with zero attached hydrogens (tertiary/aromatic N) is 4. The smallest absolute Gasteiger partial charge is 0.282 e. The Morgan fingerprint density at radius 3 is 2.75 bits per heavy atom. The first-order chi connectivity index (χ1) is 13.5. The highest BCUT2D eigenvalue weighted by atomic mass is 16.5. The van der Waals surface area contributed by atoms with E-state index in [-0.39, 0.29) is 18.2 Å². The maximum absolute atomic E-state index is 12.4. The number of hydrogen-bond acceptors (Lipinski definition) is 6. The lowest BCUT2D eigenvalue weighted by molar-refractivity contribution is 0.0988. The second-order valence-electron chi connectivity index (χ2n) is 6.62. The highest BCUT2D eigenvalue weighted by molar-refractivity contribution is 5.95. The third-order valence-corrected chi connectivity index (χ3v) is 3.95. The van der Waals surface area contributed by atoms with Crippen molar-refractivity contribution in [1.82, 2.24) is 9.88 Å². The molecule has 0 aliphatic carbocycles. The minimum atomic E-state index is -0.103. The summed E-state index contributed by atoms with van der Waals surface area (Å²) in [4.78, 5) is 22.7. The molecule has 1 aromatic carbocycles. The number of amidine groups is 1. The van der Waals surface area contributed by atoms with Gasteiger partial charge in [-0.2, -0.15) is 5.26 Å². The van der Waals surface area contributed by atoms with Crippen LogP contribution in [0.2, 0.25) is 0 Å². The van der Waals surface area contributed by atoms with Crippen LogP contribution in [0.25, 0.3) is 0 Å². The summed E-state index contributed by atoms with van der Waals surface area (Å²) in [6, 6.07) is 12.9. The number of Topliss-reactive ketones (excluding diaryl/α,β-unsaturated/α-hetero) is 1. The van der Waals surface area contributed by atoms with Crippen molar-refractivity contribution in [3.8, 4) is 6.07 Å². The number of ether oxygens (including phenoxy) is 1. The summed E-state index contributed by atoms with van der Waals surface area (Å²) < 4.78 is 5.40. The predicted molar refractivity (Wildman–Crippen MR) is 108 cm³/mol. The Labute approximate surface area is 165 Å². The molecule has 1 heterocycles. The third-order valence-electron chi connectivity index (χ3n) is 3.95. The molecule has 2 aromatic rings. The van der Waals surface area contributed by atoms with E-state index in [1.165, 1.54) is 6.20 Å². The van der Waals surface area contributed by atoms with Gasteiger partial charge in [0.15, 0.2) is 5.78 Å². The van der Waals surface area contributed by atoms with Gasteiger partial charge in [-0.3, -0.25) is 9.78 Å². The van der Waals surface area contributed by atoms with Crippen molar-refractivity contribution >= 4 is 11.8 Å². The van der Waals surface area contributed by atoms with Crippen LogP contribution in [0, 0.1) is 11.3 Å². The number of pyridine rings is 1. The number of aliphatic imine (C=N–C) groups is 1. The number of hydrogen-bond donors (Lipinski definition) is 1. The van der Waals surface area contributed by atoms with Crippen molar-refractivity contribution in [2.45, 2.75) is 19.4 Å². The molecule has 0 spiro atoms. The summed E-state index contributed by atoms with van der Waals surface area (Å²) in [5, 5.41) is 8.80. The lowest BCUT2D eigenvalue weighted by atomic mass is 10.0. The van der Waals surface area contributed by atoms with E-state index >= 15 is 0 Å². The van der Waals surface area contributed by atoms with Crippen molar-refractivity contribution in [1.29, 1.82) is 5.26 Å². The molecule has 28 heavy (non-hydrogen) atoms. The molecule has 0 unspecified atom stereocenters. The van der Waals surface area contributed by atoms with Gasteiger partial charge >= 0.3 is 0 Å². The van der Waals surface area contributed by atoms with Crippen LogP contribution in [-0.4, -0.2) is 48.9 Å². The predicted octanol–water partition coefficient (Wildman–Crippen LogP) is 2.16. The number of carbonyl (C=O) groups excluding carboxylic acids is 1. The number of carbonyl (C=O) groups is 1. The van der Waals surface area contributed by atoms with Crippen LogP contribution in [0.4, 0.5) is 0 Å². The molecular weight excluding hydrogens is 354 g/mol. The van der Waals surface area contributed by atoms with Crippen LogP contribution in [-0.2, 0) is 17.7 Å². The first kappa shape index (κ1) is 21.1. The number of rotatable bonds is 9. The number of ketones is 1. The summed E-state index contributed by atoms with van der Waals surface area (Å²) in [6.45, 7) is 1.84. The van der Waals surface area contributed by atoms with Crippen molar-refractivity contribution in [2.75, 3.05) is 27.2 Å². The van der Waals surface area contributed by atoms with Gasteiger partial charge in [0.2, 0.25) is 0 Å². The number of aromatic nitrogens is 1. The minimum Gasteiger partial charge on any atom is -0.465 e. The van der Waals surface area contributed by atoms with Crippen LogP contribution >= 0.6 is 0 Å². The fourth-order valence-electron chi connectivity index (χ4n) is 2.51. The van der Waals surface area contributed by atoms with Crippen LogP contribution in [0.15, 0.2) is 47.6 Å². The molecule has 2 N–H and O–H groups in total. The highest BCUT2D eigenvalue weighted by Gasteiger charge is 2.09. The van der Waals surface area contributed by atoms with Gasteiger partial charge in [0.05, 0.1) is 18.7 Å². The Morgan fingerprint density at radius 1 is 1.29 bits per heavy atom. The number of benzene rings is 1. The molecule has 1 aromatic heterocycles. The summed E-state index contributed by atoms with van der Waals surface area (Å²) in [5.74, 6) is -0.103. The molecular formula is C21H25N5O2. The molecule has 0 atom stereocenters. The maximum atomic E-state index is 12.4. The van der Waals surface area contributed by atoms with Gasteiger partial charge in [0.25, 0.3) is 6.02 Å². The van der Waals surface area contributed by atoms with Crippen LogP contribution in [0.3, 0.4) is 0 Å². The lowest BCUT2D eigenvalue weighted by Gasteiger charge is -2.09. The molecule has 146 valence electrons. The fraction of sp³-hybridized carbons (Fsp3) is 0.333. The van der Waals surface area contributed by atoms with E-state index in [0.29, 0.717) is 24.4 Å². The van der Waals surface area contributed by atoms with Gasteiger partial charge in [0.1, 0.15) is 11.8 Å². The first-order valence-electron chi connectivity index (χ1n) is 9.02. The monoisotopic (exact) mass is 379 g/mol. The molecule has 0 amide bonds. The largest absolute Gasteiger partial charge is 0.465 e. The molecule has 7 heteroatoms. The molecule has 0 radical (unpaired) electrons. The Balaban J connectivity index is 1.89. The zero-order valence-electron chi connectivity index (χ0n) is 16.3. The van der Waals surface area contributed by atoms with Gasteiger partial charge < -0.3 is 15.4 Å². The topological polar surface area (TPSA) is 105 Å². The van der Waals surface area contributed by atoms with E-state index < -0.39 is 0 Å². The van der Waals surface area contributed by atoms with Crippen molar-refractivity contribution in [3.05, 3.63) is 65.0 Å². The molecule has 0 bridgehead atoms. The lowest BCUT2D eigenvalue weighted by Crippen LogP contribution is -2.20. The summed E-state index contributed by atoms with van der Waals surface area (Å²) >= 11 is 0. The summed E-state index contributed by atoms with van der Waals surface area (Å²) in [5.41, 5.74) is 8.37. The molecule has 0 saturated heterocycles. The Bertz CT molecular complexity index is 854. The van der Waals surface area contributed by atoms with Gasteiger partial charge in [-0.05, 0) is 43.8 Å². The second-order valence-corrected chi connectivity index (χ2v) is 6.62. The molecule has 0 aliphatic rings. The standard InChI is InChI=1S/C21H25N5O2/c1-26(2)9-4-10-28-21(23)25-14-17-6-3-5-16(11-17)12-20(27)19-8-7-18(13-22)15-24-19/h3,5-8,11,15H,4,9-10,12,14H2,1-2H3,(H2,23,25). The molecule has 2 rings (SSSR count). The zero-order chi connectivity index (χ0) is 20.4. The Morgan fingerprint density at radius 2 is 2.07 bits per heavy atom. The average Bonchev–Trinajstić information content (AvgIpc) is 2.70. The van der Waals surface area contributed by atoms with E-state index in [1.54, 1.807) is 12.1 Å². The second kappa shape index (κ2) is 10.8. The van der Waals surface area contributed by atoms with Gasteiger partial charge in [0, 0.05) is 19.2 Å². The number of nitriles is 1. The van der Waals surface area contributed by atoms with Gasteiger partial charge in [-0.1, -0.05) is 24.3 Å². The Kier molecular flexibility index (Phi) is 8.12. The molecule has 7 nitrogen and oxygen atoms in total. The van der Waals surface area contributed by atoms with Gasteiger partial charge in [-0.25, -0.2) is 4.99 Å². The Hall–Kier alpha value is -3.24. The summed E-state index contributed by atoms with van der Waals surface area (Å²) in [7, 11) is 4.01. The molecule has 0 fully saturated rings. The van der Waals surface area contributed by atoms with E-state index in [0.717, 1.165) is 24.1 Å². The van der Waals surface area contributed by atoms with E-state index in [1.807, 2.05) is 44.4 Å². The SMILES string of the molecule is CN(C)CCCOC(N)=NCc1cccc(CC(=O)c2ccc(C#N)cn2)c1. The average molecular weight is 379 g/mol. The molecule has 0 saturated carbocycles. The van der Waals surface area contributed by atoms with Crippen molar-refractivity contribution in [3.63, 3.8) is 0 Å². The summed E-state index contributed by atoms with van der Waals surface area (Å²) in [6.07, 6.45) is 2.51. The minimum absolute atomic E-state index is 0.103. The normalized spacial score (nSPS) is 11.3. The van der Waals surface area contributed by atoms with E-state index in [2.05, 4.69) is 14.9 Å².